The average molecular weight is 444 g/mol. The van der Waals surface area contributed by atoms with Gasteiger partial charge in [-0.2, -0.15) is 0 Å². The highest BCUT2D eigenvalue weighted by atomic mass is 32.1. The van der Waals surface area contributed by atoms with Crippen LogP contribution in [0.4, 0.5) is 0 Å². The first kappa shape index (κ1) is 20.8. The molecule has 8 heteroatoms. The maximum atomic E-state index is 12.7. The Morgan fingerprint density at radius 1 is 1.23 bits per heavy atom. The summed E-state index contributed by atoms with van der Waals surface area (Å²) in [7, 11) is 1.64. The fourth-order valence-electron chi connectivity index (χ4n) is 4.08. The van der Waals surface area contributed by atoms with Crippen LogP contribution in [0, 0.1) is 16.6 Å². The first-order valence-electron chi connectivity index (χ1n) is 10.2. The lowest BCUT2D eigenvalue weighted by Gasteiger charge is -2.28. The van der Waals surface area contributed by atoms with Crippen molar-refractivity contribution in [3.8, 4) is 5.75 Å². The van der Waals surface area contributed by atoms with E-state index in [1.54, 1.807) is 11.7 Å². The Hall–Kier alpha value is -2.45. The van der Waals surface area contributed by atoms with Crippen molar-refractivity contribution >= 4 is 39.7 Å². The number of carbonyl (C=O) groups excluding carboxylic acids is 1. The Labute approximate surface area is 183 Å². The fraction of sp³-hybridized carbons (Fsp3) is 0.409. The van der Waals surface area contributed by atoms with Gasteiger partial charge in [-0.05, 0) is 73.0 Å². The number of hydrogen-bond donors (Lipinski definition) is 2. The monoisotopic (exact) mass is 443 g/mol. The number of aromatic amines is 1. The minimum Gasteiger partial charge on any atom is -0.497 e. The van der Waals surface area contributed by atoms with Crippen molar-refractivity contribution in [2.45, 2.75) is 38.8 Å². The zero-order chi connectivity index (χ0) is 21.1. The predicted molar refractivity (Wildman–Crippen MR) is 122 cm³/mol. The molecular weight excluding hydrogens is 418 g/mol. The SMILES string of the molecule is COc1ccc(CNC(=O)C2CCC(Cn3c(=S)[nH]c4ccsc4c3=O)CC2)cc1. The molecule has 2 heterocycles. The number of hydrogen-bond acceptors (Lipinski definition) is 5. The summed E-state index contributed by atoms with van der Waals surface area (Å²) in [5.41, 5.74) is 1.85. The van der Waals surface area contributed by atoms with E-state index in [2.05, 4.69) is 10.3 Å². The second-order valence-corrected chi connectivity index (χ2v) is 9.10. The van der Waals surface area contributed by atoms with Crippen LogP contribution >= 0.6 is 23.6 Å². The number of fused-ring (bicyclic) bond motifs is 1. The van der Waals surface area contributed by atoms with Crippen LogP contribution in [-0.4, -0.2) is 22.6 Å². The number of H-pyrrole nitrogens is 1. The normalized spacial score (nSPS) is 19.0. The van der Waals surface area contributed by atoms with E-state index in [9.17, 15) is 9.59 Å². The van der Waals surface area contributed by atoms with E-state index in [4.69, 9.17) is 17.0 Å². The number of aromatic nitrogens is 2. The molecule has 0 unspecified atom stereocenters. The van der Waals surface area contributed by atoms with Gasteiger partial charge in [0.1, 0.15) is 10.4 Å². The molecule has 0 bridgehead atoms. The molecule has 1 saturated carbocycles. The lowest BCUT2D eigenvalue weighted by Crippen LogP contribution is -2.34. The topological polar surface area (TPSA) is 76.1 Å². The second-order valence-electron chi connectivity index (χ2n) is 7.79. The van der Waals surface area contributed by atoms with Gasteiger partial charge in [0.15, 0.2) is 4.77 Å². The number of amides is 1. The fourth-order valence-corrected chi connectivity index (χ4v) is 5.14. The summed E-state index contributed by atoms with van der Waals surface area (Å²) in [5.74, 6) is 1.31. The summed E-state index contributed by atoms with van der Waals surface area (Å²) in [6.07, 6.45) is 3.52. The van der Waals surface area contributed by atoms with Crippen molar-refractivity contribution in [2.24, 2.45) is 11.8 Å². The zero-order valence-corrected chi connectivity index (χ0v) is 18.5. The van der Waals surface area contributed by atoms with Gasteiger partial charge in [-0.3, -0.25) is 14.2 Å². The molecule has 1 aliphatic rings. The third-order valence-electron chi connectivity index (χ3n) is 5.88. The highest BCUT2D eigenvalue weighted by molar-refractivity contribution is 7.71. The number of methoxy groups -OCH3 is 1. The molecule has 0 saturated heterocycles. The van der Waals surface area contributed by atoms with Crippen LogP contribution in [0.2, 0.25) is 0 Å². The molecule has 1 aliphatic carbocycles. The number of nitrogens with zero attached hydrogens (tertiary/aromatic N) is 1. The summed E-state index contributed by atoms with van der Waals surface area (Å²) in [6, 6.07) is 9.60. The zero-order valence-electron chi connectivity index (χ0n) is 16.8. The molecule has 0 spiro atoms. The van der Waals surface area contributed by atoms with Gasteiger partial charge in [0, 0.05) is 19.0 Å². The van der Waals surface area contributed by atoms with Crippen LogP contribution in [0.15, 0.2) is 40.5 Å². The molecule has 0 atom stereocenters. The lowest BCUT2D eigenvalue weighted by molar-refractivity contribution is -0.126. The Kier molecular flexibility index (Phi) is 6.34. The minimum atomic E-state index is -0.0110. The molecule has 30 heavy (non-hydrogen) atoms. The van der Waals surface area contributed by atoms with Gasteiger partial charge in [0.05, 0.1) is 12.6 Å². The van der Waals surface area contributed by atoms with Gasteiger partial charge in [-0.15, -0.1) is 11.3 Å². The van der Waals surface area contributed by atoms with Crippen molar-refractivity contribution in [1.82, 2.24) is 14.9 Å². The predicted octanol–water partition coefficient (Wildman–Crippen LogP) is 4.25. The number of nitrogens with one attached hydrogen (secondary N) is 2. The van der Waals surface area contributed by atoms with Crippen LogP contribution in [0.1, 0.15) is 31.2 Å². The largest absolute Gasteiger partial charge is 0.497 e. The molecule has 0 aliphatic heterocycles. The summed E-state index contributed by atoms with van der Waals surface area (Å²) in [4.78, 5) is 28.5. The first-order chi connectivity index (χ1) is 14.5. The second kappa shape index (κ2) is 9.14. The van der Waals surface area contributed by atoms with E-state index in [-0.39, 0.29) is 17.4 Å². The van der Waals surface area contributed by atoms with Gasteiger partial charge in [-0.1, -0.05) is 12.1 Å². The molecular formula is C22H25N3O3S2. The van der Waals surface area contributed by atoms with E-state index < -0.39 is 0 Å². The summed E-state index contributed by atoms with van der Waals surface area (Å²) in [5, 5.41) is 4.95. The van der Waals surface area contributed by atoms with Gasteiger partial charge < -0.3 is 15.0 Å². The first-order valence-corrected chi connectivity index (χ1v) is 11.4. The van der Waals surface area contributed by atoms with Crippen LogP contribution in [0.25, 0.3) is 10.2 Å². The number of benzene rings is 1. The molecule has 2 N–H and O–H groups in total. The van der Waals surface area contributed by atoms with E-state index in [1.165, 1.54) is 11.3 Å². The van der Waals surface area contributed by atoms with E-state index >= 15 is 0 Å². The Bertz CT molecular complexity index is 1140. The molecule has 2 aromatic heterocycles. The summed E-state index contributed by atoms with van der Waals surface area (Å²) < 4.78 is 8.04. The van der Waals surface area contributed by atoms with Gasteiger partial charge in [-0.25, -0.2) is 0 Å². The van der Waals surface area contributed by atoms with Crippen molar-refractivity contribution in [1.29, 1.82) is 0 Å². The quantitative estimate of drug-likeness (QED) is 0.559. The van der Waals surface area contributed by atoms with Crippen molar-refractivity contribution in [3.05, 3.63) is 56.4 Å². The molecule has 1 amide bonds. The number of ether oxygens (including phenoxy) is 1. The average Bonchev–Trinajstić information content (AvgIpc) is 3.24. The number of carbonyl (C=O) groups is 1. The number of rotatable bonds is 6. The van der Waals surface area contributed by atoms with Crippen molar-refractivity contribution in [2.75, 3.05) is 7.11 Å². The van der Waals surface area contributed by atoms with Gasteiger partial charge >= 0.3 is 0 Å². The van der Waals surface area contributed by atoms with Crippen LogP contribution in [0.5, 0.6) is 5.75 Å². The van der Waals surface area contributed by atoms with Crippen LogP contribution in [-0.2, 0) is 17.9 Å². The molecule has 3 aromatic rings. The van der Waals surface area contributed by atoms with E-state index in [0.29, 0.717) is 23.8 Å². The minimum absolute atomic E-state index is 0.0110. The van der Waals surface area contributed by atoms with E-state index in [0.717, 1.165) is 47.2 Å². The standard InChI is InChI=1S/C22H25N3O3S2/c1-28-17-8-4-14(5-9-17)12-23-20(26)16-6-2-15(3-7-16)13-25-21(27)19-18(10-11-30-19)24-22(25)29/h4-5,8-11,15-16H,2-3,6-7,12-13H2,1H3,(H,23,26)(H,24,29). The third kappa shape index (κ3) is 4.49. The third-order valence-corrected chi connectivity index (χ3v) is 7.10. The highest BCUT2D eigenvalue weighted by Gasteiger charge is 2.27. The lowest BCUT2D eigenvalue weighted by atomic mass is 9.81. The Balaban J connectivity index is 1.31. The maximum absolute atomic E-state index is 12.7. The Morgan fingerprint density at radius 3 is 2.67 bits per heavy atom. The van der Waals surface area contributed by atoms with Gasteiger partial charge in [0.2, 0.25) is 5.91 Å². The molecule has 1 aromatic carbocycles. The molecule has 0 radical (unpaired) electrons. The smallest absolute Gasteiger partial charge is 0.272 e. The molecule has 158 valence electrons. The van der Waals surface area contributed by atoms with Crippen LogP contribution < -0.4 is 15.6 Å². The van der Waals surface area contributed by atoms with Crippen LogP contribution in [0.3, 0.4) is 0 Å². The molecule has 4 rings (SSSR count). The van der Waals surface area contributed by atoms with Crippen molar-refractivity contribution in [3.63, 3.8) is 0 Å². The molecule has 1 fully saturated rings. The van der Waals surface area contributed by atoms with E-state index in [1.807, 2.05) is 35.7 Å². The summed E-state index contributed by atoms with van der Waals surface area (Å²) in [6.45, 7) is 1.14. The van der Waals surface area contributed by atoms with Gasteiger partial charge in [0.25, 0.3) is 5.56 Å². The Morgan fingerprint density at radius 2 is 1.97 bits per heavy atom. The maximum Gasteiger partial charge on any atom is 0.272 e. The number of thiophene rings is 1. The van der Waals surface area contributed by atoms with Crippen molar-refractivity contribution < 1.29 is 9.53 Å². The molecule has 6 nitrogen and oxygen atoms in total. The summed E-state index contributed by atoms with van der Waals surface area (Å²) >= 11 is 6.84. The highest BCUT2D eigenvalue weighted by Crippen LogP contribution is 2.30.